The van der Waals surface area contributed by atoms with Gasteiger partial charge in [0.1, 0.15) is 18.1 Å². The van der Waals surface area contributed by atoms with Crippen LogP contribution in [0.15, 0.2) is 24.3 Å². The molecule has 1 aromatic heterocycles. The molecule has 0 spiro atoms. The van der Waals surface area contributed by atoms with E-state index in [1.807, 2.05) is 42.9 Å². The molecule has 0 amide bonds. The average molecular weight is 325 g/mol. The zero-order valence-corrected chi connectivity index (χ0v) is 12.9. The van der Waals surface area contributed by atoms with E-state index in [2.05, 4.69) is 21.0 Å². The van der Waals surface area contributed by atoms with E-state index in [4.69, 9.17) is 9.47 Å². The predicted molar refractivity (Wildman–Crippen MR) is 77.9 cm³/mol. The lowest BCUT2D eigenvalue weighted by molar-refractivity contribution is 0.290. The normalized spacial score (nSPS) is 10.5. The quantitative estimate of drug-likeness (QED) is 0.792. The van der Waals surface area contributed by atoms with Gasteiger partial charge in [0.05, 0.1) is 18.5 Å². The summed E-state index contributed by atoms with van der Waals surface area (Å²) in [6.07, 6.45) is 0. The van der Waals surface area contributed by atoms with E-state index in [1.54, 1.807) is 7.11 Å². The van der Waals surface area contributed by atoms with Gasteiger partial charge >= 0.3 is 0 Å². The lowest BCUT2D eigenvalue weighted by atomic mass is 10.2. The zero-order chi connectivity index (χ0) is 13.8. The van der Waals surface area contributed by atoms with Crippen molar-refractivity contribution in [3.05, 3.63) is 41.2 Å². The number of alkyl halides is 1. The van der Waals surface area contributed by atoms with E-state index in [-0.39, 0.29) is 0 Å². The molecule has 0 aliphatic rings. The molecule has 0 atom stereocenters. The molecule has 0 unspecified atom stereocenters. The Morgan fingerprint density at radius 2 is 2.11 bits per heavy atom. The predicted octanol–water partition coefficient (Wildman–Crippen LogP) is 3.21. The lowest BCUT2D eigenvalue weighted by Crippen LogP contribution is -2.04. The molecule has 0 saturated carbocycles. The van der Waals surface area contributed by atoms with Gasteiger partial charge < -0.3 is 9.47 Å². The van der Waals surface area contributed by atoms with Gasteiger partial charge in [0.2, 0.25) is 0 Å². The van der Waals surface area contributed by atoms with Crippen molar-refractivity contribution in [2.75, 3.05) is 7.11 Å². The van der Waals surface area contributed by atoms with E-state index in [0.717, 1.165) is 33.8 Å². The molecule has 4 nitrogen and oxygen atoms in total. The van der Waals surface area contributed by atoms with Gasteiger partial charge in [-0.3, -0.25) is 4.68 Å². The molecule has 1 aromatic carbocycles. The summed E-state index contributed by atoms with van der Waals surface area (Å²) in [5, 5.41) is 5.05. The zero-order valence-electron chi connectivity index (χ0n) is 11.3. The van der Waals surface area contributed by atoms with E-state index in [0.29, 0.717) is 6.61 Å². The Morgan fingerprint density at radius 3 is 2.68 bits per heavy atom. The first-order valence-corrected chi connectivity index (χ1v) is 7.11. The minimum absolute atomic E-state index is 0.491. The number of nitrogens with zero attached hydrogens (tertiary/aromatic N) is 2. The molecule has 0 radical (unpaired) electrons. The second-order valence-corrected chi connectivity index (χ2v) is 4.86. The highest BCUT2D eigenvalue weighted by molar-refractivity contribution is 9.08. The first kappa shape index (κ1) is 13.9. The third kappa shape index (κ3) is 3.29. The molecule has 1 heterocycles. The van der Waals surface area contributed by atoms with Gasteiger partial charge in [-0.05, 0) is 19.1 Å². The molecule has 19 heavy (non-hydrogen) atoms. The molecule has 2 aromatic rings. The Labute approximate surface area is 121 Å². The lowest BCUT2D eigenvalue weighted by Gasteiger charge is -2.11. The van der Waals surface area contributed by atoms with Gasteiger partial charge in [0.25, 0.3) is 0 Å². The molecule has 0 bridgehead atoms. The van der Waals surface area contributed by atoms with Crippen LogP contribution in [0.25, 0.3) is 0 Å². The smallest absolute Gasteiger partial charge is 0.130 e. The van der Waals surface area contributed by atoms with Crippen molar-refractivity contribution in [3.8, 4) is 11.5 Å². The fourth-order valence-electron chi connectivity index (χ4n) is 1.86. The maximum atomic E-state index is 5.88. The third-order valence-corrected chi connectivity index (χ3v) is 3.50. The second kappa shape index (κ2) is 6.10. The molecular weight excluding hydrogens is 308 g/mol. The fraction of sp³-hybridized carbons (Fsp3) is 0.357. The number of benzene rings is 1. The fourth-order valence-corrected chi connectivity index (χ4v) is 2.32. The van der Waals surface area contributed by atoms with Gasteiger partial charge in [-0.25, -0.2) is 0 Å². The van der Waals surface area contributed by atoms with Crippen LogP contribution in [0.1, 0.15) is 17.0 Å². The van der Waals surface area contributed by atoms with Crippen molar-refractivity contribution in [1.29, 1.82) is 0 Å². The first-order valence-electron chi connectivity index (χ1n) is 5.99. The highest BCUT2D eigenvalue weighted by Gasteiger charge is 2.07. The van der Waals surface area contributed by atoms with Crippen molar-refractivity contribution in [1.82, 2.24) is 9.78 Å². The van der Waals surface area contributed by atoms with Crippen molar-refractivity contribution in [2.24, 2.45) is 7.05 Å². The summed E-state index contributed by atoms with van der Waals surface area (Å²) < 4.78 is 12.9. The summed E-state index contributed by atoms with van der Waals surface area (Å²) in [4.78, 5) is 0. The first-order chi connectivity index (χ1) is 9.13. The van der Waals surface area contributed by atoms with Gasteiger partial charge in [0.15, 0.2) is 0 Å². The number of aromatic nitrogens is 2. The molecule has 0 aliphatic carbocycles. The topological polar surface area (TPSA) is 36.3 Å². The molecule has 0 fully saturated rings. The standard InChI is InChI=1S/C14H17BrN2O2/c1-10-6-12(17(2)16-10)9-19-14-7-13(18-3)5-4-11(14)8-15/h4-7H,8-9H2,1-3H3. The third-order valence-electron chi connectivity index (χ3n) is 2.89. The molecule has 0 saturated heterocycles. The number of aryl methyl sites for hydroxylation is 2. The van der Waals surface area contributed by atoms with Gasteiger partial charge in [0, 0.05) is 24.0 Å². The van der Waals surface area contributed by atoms with E-state index >= 15 is 0 Å². The number of halogens is 1. The van der Waals surface area contributed by atoms with Crippen LogP contribution >= 0.6 is 15.9 Å². The number of hydrogen-bond acceptors (Lipinski definition) is 3. The molecule has 5 heteroatoms. The Morgan fingerprint density at radius 1 is 1.32 bits per heavy atom. The van der Waals surface area contributed by atoms with Crippen LogP contribution in [0.3, 0.4) is 0 Å². The minimum Gasteiger partial charge on any atom is -0.497 e. The maximum Gasteiger partial charge on any atom is 0.130 e. The van der Waals surface area contributed by atoms with E-state index < -0.39 is 0 Å². The van der Waals surface area contributed by atoms with Crippen LogP contribution in [0.2, 0.25) is 0 Å². The van der Waals surface area contributed by atoms with Crippen molar-refractivity contribution in [2.45, 2.75) is 18.9 Å². The molecule has 2 rings (SSSR count). The number of rotatable bonds is 5. The highest BCUT2D eigenvalue weighted by atomic mass is 79.9. The average Bonchev–Trinajstić information content (AvgIpc) is 2.74. The van der Waals surface area contributed by atoms with Crippen LogP contribution in [0, 0.1) is 6.92 Å². The Bertz CT molecular complexity index is 567. The van der Waals surface area contributed by atoms with Crippen molar-refractivity contribution >= 4 is 15.9 Å². The van der Waals surface area contributed by atoms with Gasteiger partial charge in [-0.2, -0.15) is 5.10 Å². The molecule has 102 valence electrons. The monoisotopic (exact) mass is 324 g/mol. The van der Waals surface area contributed by atoms with Crippen LogP contribution in [0.5, 0.6) is 11.5 Å². The molecule has 0 N–H and O–H groups in total. The Hall–Kier alpha value is -1.49. The van der Waals surface area contributed by atoms with Gasteiger partial charge in [-0.1, -0.05) is 22.0 Å². The van der Waals surface area contributed by atoms with Crippen molar-refractivity contribution < 1.29 is 9.47 Å². The SMILES string of the molecule is COc1ccc(CBr)c(OCc2cc(C)nn2C)c1. The van der Waals surface area contributed by atoms with Crippen LogP contribution in [0.4, 0.5) is 0 Å². The highest BCUT2D eigenvalue weighted by Crippen LogP contribution is 2.27. The molecule has 0 aliphatic heterocycles. The summed E-state index contributed by atoms with van der Waals surface area (Å²) in [6.45, 7) is 2.46. The maximum absolute atomic E-state index is 5.88. The van der Waals surface area contributed by atoms with Crippen LogP contribution in [-0.4, -0.2) is 16.9 Å². The number of ether oxygens (including phenoxy) is 2. The largest absolute Gasteiger partial charge is 0.497 e. The Kier molecular flexibility index (Phi) is 4.47. The summed E-state index contributed by atoms with van der Waals surface area (Å²) in [7, 11) is 3.57. The van der Waals surface area contributed by atoms with Gasteiger partial charge in [-0.15, -0.1) is 0 Å². The number of hydrogen-bond donors (Lipinski definition) is 0. The second-order valence-electron chi connectivity index (χ2n) is 4.30. The summed E-state index contributed by atoms with van der Waals surface area (Å²) in [6, 6.07) is 7.85. The van der Waals surface area contributed by atoms with E-state index in [9.17, 15) is 0 Å². The Balaban J connectivity index is 2.16. The van der Waals surface area contributed by atoms with Crippen molar-refractivity contribution in [3.63, 3.8) is 0 Å². The number of methoxy groups -OCH3 is 1. The summed E-state index contributed by atoms with van der Waals surface area (Å²) in [5.41, 5.74) is 3.13. The van der Waals surface area contributed by atoms with Crippen LogP contribution in [-0.2, 0) is 19.0 Å². The van der Waals surface area contributed by atoms with E-state index in [1.165, 1.54) is 0 Å². The summed E-state index contributed by atoms with van der Waals surface area (Å²) in [5.74, 6) is 1.62. The summed E-state index contributed by atoms with van der Waals surface area (Å²) >= 11 is 3.46. The van der Waals surface area contributed by atoms with Crippen LogP contribution < -0.4 is 9.47 Å². The minimum atomic E-state index is 0.491. The molecular formula is C14H17BrN2O2.